The number of aromatic nitrogens is 1. The van der Waals surface area contributed by atoms with Crippen molar-refractivity contribution >= 4 is 16.8 Å². The van der Waals surface area contributed by atoms with Gasteiger partial charge in [-0.15, -0.1) is 0 Å². The van der Waals surface area contributed by atoms with Crippen molar-refractivity contribution in [2.45, 2.75) is 33.7 Å². The van der Waals surface area contributed by atoms with E-state index in [0.717, 1.165) is 28.8 Å². The van der Waals surface area contributed by atoms with E-state index >= 15 is 0 Å². The zero-order valence-electron chi connectivity index (χ0n) is 16.7. The first-order valence-corrected chi connectivity index (χ1v) is 9.33. The molecule has 0 atom stereocenters. The molecule has 0 unspecified atom stereocenters. The molecular weight excluding hydrogens is 358 g/mol. The lowest BCUT2D eigenvalue weighted by Crippen LogP contribution is -2.13. The summed E-state index contributed by atoms with van der Waals surface area (Å²) in [5.41, 5.74) is 3.57. The van der Waals surface area contributed by atoms with Crippen molar-refractivity contribution in [2.24, 2.45) is 0 Å². The van der Waals surface area contributed by atoms with Crippen molar-refractivity contribution < 1.29 is 18.7 Å². The molecule has 0 saturated heterocycles. The molecule has 3 aromatic rings. The molecule has 2 aromatic heterocycles. The lowest BCUT2D eigenvalue weighted by atomic mass is 10.1. The predicted molar refractivity (Wildman–Crippen MR) is 107 cm³/mol. The highest BCUT2D eigenvalue weighted by molar-refractivity contribution is 5.98. The van der Waals surface area contributed by atoms with E-state index in [-0.39, 0.29) is 18.0 Å². The molecule has 148 valence electrons. The number of methoxy groups -OCH3 is 1. The Morgan fingerprint density at radius 1 is 1.18 bits per heavy atom. The van der Waals surface area contributed by atoms with Crippen LogP contribution in [0.15, 0.2) is 39.5 Å². The fraction of sp³-hybridized carbons (Fsp3) is 0.364. The van der Waals surface area contributed by atoms with E-state index in [1.807, 2.05) is 32.9 Å². The van der Waals surface area contributed by atoms with E-state index in [0.29, 0.717) is 30.0 Å². The maximum absolute atomic E-state index is 12.7. The van der Waals surface area contributed by atoms with Crippen molar-refractivity contribution in [2.75, 3.05) is 20.3 Å². The van der Waals surface area contributed by atoms with Crippen molar-refractivity contribution in [3.63, 3.8) is 0 Å². The molecule has 0 fully saturated rings. The van der Waals surface area contributed by atoms with Crippen LogP contribution in [0, 0.1) is 13.8 Å². The number of benzene rings is 1. The highest BCUT2D eigenvalue weighted by Crippen LogP contribution is 2.23. The lowest BCUT2D eigenvalue weighted by molar-refractivity contribution is 0.0920. The van der Waals surface area contributed by atoms with E-state index in [4.69, 9.17) is 13.9 Å². The third-order valence-corrected chi connectivity index (χ3v) is 4.95. The molecule has 0 aliphatic carbocycles. The first kappa shape index (κ1) is 19.9. The number of nitrogens with zero attached hydrogens (tertiary/aromatic N) is 1. The summed E-state index contributed by atoms with van der Waals surface area (Å²) in [5, 5.41) is 0.877. The summed E-state index contributed by atoms with van der Waals surface area (Å²) in [6.07, 6.45) is 0.736. The fourth-order valence-corrected chi connectivity index (χ4v) is 3.43. The standard InChI is InChI=1S/C22H25NO5/c1-5-16-11-22(25)28-21-12-17(6-7-18(16)21)27-13-20(24)19-10-14(2)23(15(19)3)8-9-26-4/h6-7,10-12H,5,8-9,13H2,1-4H3. The molecule has 0 bridgehead atoms. The van der Waals surface area contributed by atoms with Crippen molar-refractivity contribution in [1.82, 2.24) is 4.57 Å². The molecule has 2 heterocycles. The van der Waals surface area contributed by atoms with Crippen LogP contribution in [0.3, 0.4) is 0 Å². The highest BCUT2D eigenvalue weighted by Gasteiger charge is 2.16. The number of carbonyl (C=O) groups is 1. The molecule has 0 radical (unpaired) electrons. The summed E-state index contributed by atoms with van der Waals surface area (Å²) in [6.45, 7) is 7.08. The van der Waals surface area contributed by atoms with Gasteiger partial charge >= 0.3 is 5.63 Å². The number of hydrogen-bond acceptors (Lipinski definition) is 5. The van der Waals surface area contributed by atoms with Crippen molar-refractivity contribution in [1.29, 1.82) is 0 Å². The van der Waals surface area contributed by atoms with Crippen LogP contribution >= 0.6 is 0 Å². The van der Waals surface area contributed by atoms with E-state index in [1.54, 1.807) is 19.2 Å². The number of ether oxygens (including phenoxy) is 2. The largest absolute Gasteiger partial charge is 0.485 e. The minimum atomic E-state index is -0.388. The van der Waals surface area contributed by atoms with Gasteiger partial charge in [0.1, 0.15) is 11.3 Å². The molecule has 0 spiro atoms. The maximum atomic E-state index is 12.7. The Labute approximate surface area is 163 Å². The monoisotopic (exact) mass is 383 g/mol. The summed E-state index contributed by atoms with van der Waals surface area (Å²) in [5.74, 6) is 0.395. The average molecular weight is 383 g/mol. The zero-order chi connectivity index (χ0) is 20.3. The van der Waals surface area contributed by atoms with Gasteiger partial charge in [-0.2, -0.15) is 0 Å². The van der Waals surface area contributed by atoms with Gasteiger partial charge in [0.15, 0.2) is 6.61 Å². The van der Waals surface area contributed by atoms with Gasteiger partial charge in [-0.05, 0) is 44.0 Å². The predicted octanol–water partition coefficient (Wildman–Crippen LogP) is 3.68. The molecule has 0 saturated carbocycles. The number of aryl methyl sites for hydroxylation is 2. The summed E-state index contributed by atoms with van der Waals surface area (Å²) in [6, 6.07) is 8.69. The average Bonchev–Trinajstić information content (AvgIpc) is 2.97. The summed E-state index contributed by atoms with van der Waals surface area (Å²) < 4.78 is 18.2. The zero-order valence-corrected chi connectivity index (χ0v) is 16.7. The van der Waals surface area contributed by atoms with Gasteiger partial charge in [0, 0.05) is 48.1 Å². The molecule has 0 amide bonds. The Kier molecular flexibility index (Phi) is 5.99. The normalized spacial score (nSPS) is 11.1. The quantitative estimate of drug-likeness (QED) is 0.438. The molecule has 0 N–H and O–H groups in total. The van der Waals surface area contributed by atoms with E-state index in [1.165, 1.54) is 6.07 Å². The number of Topliss-reactive ketones (excluding diaryl/α,β-unsaturated/α-hetero) is 1. The van der Waals surface area contributed by atoms with Crippen molar-refractivity contribution in [3.8, 4) is 5.75 Å². The second-order valence-corrected chi connectivity index (χ2v) is 6.74. The Hall–Kier alpha value is -2.86. The van der Waals surface area contributed by atoms with Crippen LogP contribution in [0.4, 0.5) is 0 Å². The van der Waals surface area contributed by atoms with Gasteiger partial charge in [0.05, 0.1) is 6.61 Å². The van der Waals surface area contributed by atoms with Crippen LogP contribution in [-0.4, -0.2) is 30.7 Å². The van der Waals surface area contributed by atoms with Crippen LogP contribution in [0.2, 0.25) is 0 Å². The lowest BCUT2D eigenvalue weighted by Gasteiger charge is -2.10. The SMILES string of the molecule is CCc1cc(=O)oc2cc(OCC(=O)c3cc(C)n(CCOC)c3C)ccc12. The van der Waals surface area contributed by atoms with E-state index in [9.17, 15) is 9.59 Å². The Bertz CT molecular complexity index is 1060. The first-order valence-electron chi connectivity index (χ1n) is 9.33. The molecule has 6 heteroatoms. The van der Waals surface area contributed by atoms with Crippen LogP contribution in [0.5, 0.6) is 5.75 Å². The Morgan fingerprint density at radius 3 is 2.68 bits per heavy atom. The topological polar surface area (TPSA) is 70.7 Å². The Balaban J connectivity index is 1.77. The Morgan fingerprint density at radius 2 is 1.96 bits per heavy atom. The van der Waals surface area contributed by atoms with Gasteiger partial charge in [-0.25, -0.2) is 4.79 Å². The fourth-order valence-electron chi connectivity index (χ4n) is 3.43. The van der Waals surface area contributed by atoms with Gasteiger partial charge in [0.2, 0.25) is 5.78 Å². The van der Waals surface area contributed by atoms with E-state index in [2.05, 4.69) is 4.57 Å². The molecule has 28 heavy (non-hydrogen) atoms. The maximum Gasteiger partial charge on any atom is 0.336 e. The molecule has 0 aliphatic heterocycles. The van der Waals surface area contributed by atoms with Gasteiger partial charge in [-0.3, -0.25) is 4.79 Å². The van der Waals surface area contributed by atoms with Gasteiger partial charge in [-0.1, -0.05) is 6.92 Å². The van der Waals surface area contributed by atoms with Crippen LogP contribution in [0.1, 0.15) is 34.2 Å². The minimum absolute atomic E-state index is 0.0855. The number of carbonyl (C=O) groups excluding carboxylic acids is 1. The number of ketones is 1. The molecule has 1 aromatic carbocycles. The smallest absolute Gasteiger partial charge is 0.336 e. The van der Waals surface area contributed by atoms with Crippen LogP contribution < -0.4 is 10.4 Å². The van der Waals surface area contributed by atoms with Gasteiger partial charge < -0.3 is 18.5 Å². The molecule has 3 rings (SSSR count). The second kappa shape index (κ2) is 8.44. The molecule has 6 nitrogen and oxygen atoms in total. The third kappa shape index (κ3) is 4.02. The number of fused-ring (bicyclic) bond motifs is 1. The third-order valence-electron chi connectivity index (χ3n) is 4.95. The van der Waals surface area contributed by atoms with Crippen LogP contribution in [0.25, 0.3) is 11.0 Å². The number of rotatable bonds is 8. The molecular formula is C22H25NO5. The van der Waals surface area contributed by atoms with E-state index < -0.39 is 0 Å². The molecule has 0 aliphatic rings. The second-order valence-electron chi connectivity index (χ2n) is 6.74. The summed E-state index contributed by atoms with van der Waals surface area (Å²) in [4.78, 5) is 24.4. The minimum Gasteiger partial charge on any atom is -0.485 e. The van der Waals surface area contributed by atoms with Crippen LogP contribution in [-0.2, 0) is 17.7 Å². The summed E-state index contributed by atoms with van der Waals surface area (Å²) in [7, 11) is 1.66. The first-order chi connectivity index (χ1) is 13.4. The van der Waals surface area contributed by atoms with Crippen molar-refractivity contribution in [3.05, 3.63) is 63.3 Å². The number of hydrogen-bond donors (Lipinski definition) is 0. The highest BCUT2D eigenvalue weighted by atomic mass is 16.5. The van der Waals surface area contributed by atoms with Gasteiger partial charge in [0.25, 0.3) is 0 Å². The summed E-state index contributed by atoms with van der Waals surface area (Å²) >= 11 is 0.